The third kappa shape index (κ3) is 3.23. The Kier molecular flexibility index (Phi) is 4.38. The molecule has 1 amide bonds. The Hall–Kier alpha value is -2.44. The van der Waals surface area contributed by atoms with Crippen molar-refractivity contribution < 1.29 is 9.53 Å². The molecule has 0 saturated carbocycles. The summed E-state index contributed by atoms with van der Waals surface area (Å²) < 4.78 is 7.53. The minimum atomic E-state index is -0.0797. The molecule has 5 nitrogen and oxygen atoms in total. The summed E-state index contributed by atoms with van der Waals surface area (Å²) in [7, 11) is 1.82. The van der Waals surface area contributed by atoms with Crippen LogP contribution in [0, 0.1) is 0 Å². The molecule has 1 aromatic carbocycles. The van der Waals surface area contributed by atoms with Crippen molar-refractivity contribution in [2.45, 2.75) is 6.10 Å². The van der Waals surface area contributed by atoms with Crippen molar-refractivity contribution in [2.24, 2.45) is 7.05 Å². The monoisotopic (exact) mass is 353 g/mol. The maximum absolute atomic E-state index is 13.0. The van der Waals surface area contributed by atoms with E-state index in [1.54, 1.807) is 16.0 Å². The number of rotatable bonds is 3. The molecular formula is C19H19N3O2S. The molecule has 0 N–H and O–H groups in total. The summed E-state index contributed by atoms with van der Waals surface area (Å²) in [5.41, 5.74) is 2.55. The van der Waals surface area contributed by atoms with Gasteiger partial charge in [-0.2, -0.15) is 5.10 Å². The first-order valence-corrected chi connectivity index (χ1v) is 9.14. The van der Waals surface area contributed by atoms with E-state index in [0.717, 1.165) is 16.1 Å². The van der Waals surface area contributed by atoms with E-state index in [-0.39, 0.29) is 12.0 Å². The zero-order valence-electron chi connectivity index (χ0n) is 14.0. The third-order valence-electron chi connectivity index (χ3n) is 4.40. The normalized spacial score (nSPS) is 17.6. The molecule has 1 aliphatic rings. The van der Waals surface area contributed by atoms with Gasteiger partial charge in [0.25, 0.3) is 5.91 Å². The number of hydrogen-bond acceptors (Lipinski definition) is 4. The van der Waals surface area contributed by atoms with E-state index in [2.05, 4.69) is 5.10 Å². The van der Waals surface area contributed by atoms with Gasteiger partial charge in [0.1, 0.15) is 17.5 Å². The van der Waals surface area contributed by atoms with E-state index >= 15 is 0 Å². The van der Waals surface area contributed by atoms with Crippen molar-refractivity contribution in [3.63, 3.8) is 0 Å². The van der Waals surface area contributed by atoms with Crippen LogP contribution in [0.4, 0.5) is 0 Å². The minimum absolute atomic E-state index is 0.00189. The van der Waals surface area contributed by atoms with Crippen LogP contribution in [0.25, 0.3) is 10.6 Å². The minimum Gasteiger partial charge on any atom is -0.370 e. The Labute approximate surface area is 150 Å². The van der Waals surface area contributed by atoms with Crippen molar-refractivity contribution in [2.75, 3.05) is 19.7 Å². The van der Waals surface area contributed by atoms with Crippen LogP contribution in [-0.4, -0.2) is 40.3 Å². The summed E-state index contributed by atoms with van der Waals surface area (Å²) >= 11 is 1.62. The molecule has 0 spiro atoms. The summed E-state index contributed by atoms with van der Waals surface area (Å²) in [6.07, 6.45) is -0.0797. The molecule has 128 valence electrons. The average Bonchev–Trinajstić information content (AvgIpc) is 3.31. The smallest absolute Gasteiger partial charge is 0.272 e. The lowest BCUT2D eigenvalue weighted by molar-refractivity contribution is -0.0231. The summed E-state index contributed by atoms with van der Waals surface area (Å²) in [5, 5.41) is 6.51. The largest absolute Gasteiger partial charge is 0.370 e. The lowest BCUT2D eigenvalue weighted by Crippen LogP contribution is -2.42. The highest BCUT2D eigenvalue weighted by Crippen LogP contribution is 2.26. The van der Waals surface area contributed by atoms with Crippen LogP contribution in [0.2, 0.25) is 0 Å². The predicted octanol–water partition coefficient (Wildman–Crippen LogP) is 3.36. The second-order valence-electron chi connectivity index (χ2n) is 6.04. The van der Waals surface area contributed by atoms with Crippen LogP contribution in [-0.2, 0) is 11.8 Å². The van der Waals surface area contributed by atoms with Gasteiger partial charge in [0.05, 0.1) is 18.0 Å². The van der Waals surface area contributed by atoms with Crippen LogP contribution in [0.1, 0.15) is 22.2 Å². The molecule has 0 unspecified atom stereocenters. The van der Waals surface area contributed by atoms with Crippen LogP contribution >= 0.6 is 11.3 Å². The number of carbonyl (C=O) groups is 1. The fourth-order valence-corrected chi connectivity index (χ4v) is 3.76. The van der Waals surface area contributed by atoms with Gasteiger partial charge in [-0.05, 0) is 23.1 Å². The number of ether oxygens (including phenoxy) is 1. The molecule has 3 aromatic rings. The highest BCUT2D eigenvalue weighted by Gasteiger charge is 2.28. The molecule has 1 aliphatic heterocycles. The quantitative estimate of drug-likeness (QED) is 0.725. The molecule has 1 atom stereocenters. The van der Waals surface area contributed by atoms with Crippen molar-refractivity contribution in [1.29, 1.82) is 0 Å². The number of aryl methyl sites for hydroxylation is 1. The summed E-state index contributed by atoms with van der Waals surface area (Å²) in [5.74, 6) is 0.00189. The Morgan fingerprint density at radius 1 is 1.24 bits per heavy atom. The standard InChI is InChI=1S/C19H19N3O2S/c1-21-16(12-15(20-21)18-8-5-11-25-18)19(23)22-9-10-24-17(13-22)14-6-3-2-4-7-14/h2-8,11-12,17H,9-10,13H2,1H3/t17-/m1/s1. The second-order valence-corrected chi connectivity index (χ2v) is 6.98. The maximum atomic E-state index is 13.0. The van der Waals surface area contributed by atoms with E-state index in [1.165, 1.54) is 0 Å². The number of aromatic nitrogens is 2. The summed E-state index contributed by atoms with van der Waals surface area (Å²) in [6.45, 7) is 1.70. The maximum Gasteiger partial charge on any atom is 0.272 e. The lowest BCUT2D eigenvalue weighted by atomic mass is 10.1. The molecule has 1 saturated heterocycles. The van der Waals surface area contributed by atoms with Crippen LogP contribution in [0.15, 0.2) is 53.9 Å². The Morgan fingerprint density at radius 2 is 2.08 bits per heavy atom. The number of nitrogens with zero attached hydrogens (tertiary/aromatic N) is 3. The van der Waals surface area contributed by atoms with E-state index in [4.69, 9.17) is 4.74 Å². The summed E-state index contributed by atoms with van der Waals surface area (Å²) in [6, 6.07) is 15.9. The van der Waals surface area contributed by atoms with Crippen molar-refractivity contribution >= 4 is 17.2 Å². The Bertz CT molecular complexity index is 858. The first-order valence-electron chi connectivity index (χ1n) is 8.26. The van der Waals surface area contributed by atoms with Gasteiger partial charge in [-0.3, -0.25) is 9.48 Å². The first-order chi connectivity index (χ1) is 12.2. The van der Waals surface area contributed by atoms with Gasteiger partial charge in [-0.25, -0.2) is 0 Å². The molecule has 1 fully saturated rings. The van der Waals surface area contributed by atoms with Gasteiger partial charge in [0.15, 0.2) is 0 Å². The fraction of sp³-hybridized carbons (Fsp3) is 0.263. The predicted molar refractivity (Wildman–Crippen MR) is 97.6 cm³/mol. The highest BCUT2D eigenvalue weighted by atomic mass is 32.1. The molecule has 2 aromatic heterocycles. The van der Waals surface area contributed by atoms with E-state index in [1.807, 2.05) is 65.9 Å². The van der Waals surface area contributed by atoms with Gasteiger partial charge in [-0.1, -0.05) is 36.4 Å². The van der Waals surface area contributed by atoms with E-state index < -0.39 is 0 Å². The molecule has 0 aliphatic carbocycles. The number of hydrogen-bond donors (Lipinski definition) is 0. The van der Waals surface area contributed by atoms with E-state index in [9.17, 15) is 4.79 Å². The van der Waals surface area contributed by atoms with Crippen molar-refractivity contribution in [3.05, 3.63) is 65.2 Å². The number of benzene rings is 1. The average molecular weight is 353 g/mol. The Morgan fingerprint density at radius 3 is 2.84 bits per heavy atom. The first kappa shape index (κ1) is 16.1. The van der Waals surface area contributed by atoms with E-state index in [0.29, 0.717) is 25.4 Å². The number of carbonyl (C=O) groups excluding carboxylic acids is 1. The lowest BCUT2D eigenvalue weighted by Gasteiger charge is -2.33. The van der Waals surface area contributed by atoms with Gasteiger partial charge >= 0.3 is 0 Å². The third-order valence-corrected chi connectivity index (χ3v) is 5.29. The fourth-order valence-electron chi connectivity index (χ4n) is 3.08. The van der Waals surface area contributed by atoms with Gasteiger partial charge in [-0.15, -0.1) is 11.3 Å². The van der Waals surface area contributed by atoms with Crippen molar-refractivity contribution in [1.82, 2.24) is 14.7 Å². The van der Waals surface area contributed by atoms with Gasteiger partial charge in [0, 0.05) is 13.6 Å². The SMILES string of the molecule is Cn1nc(-c2cccs2)cc1C(=O)N1CCO[C@@H](c2ccccc2)C1. The Balaban J connectivity index is 1.54. The molecule has 3 heterocycles. The summed E-state index contributed by atoms with van der Waals surface area (Å²) in [4.78, 5) is 15.9. The van der Waals surface area contributed by atoms with Crippen molar-refractivity contribution in [3.8, 4) is 10.6 Å². The zero-order valence-corrected chi connectivity index (χ0v) is 14.8. The van der Waals surface area contributed by atoms with Crippen LogP contribution < -0.4 is 0 Å². The van der Waals surface area contributed by atoms with Gasteiger partial charge in [0.2, 0.25) is 0 Å². The molecule has 0 radical (unpaired) electrons. The molecular weight excluding hydrogens is 334 g/mol. The number of thiophene rings is 1. The highest BCUT2D eigenvalue weighted by molar-refractivity contribution is 7.13. The van der Waals surface area contributed by atoms with Crippen LogP contribution in [0.5, 0.6) is 0 Å². The molecule has 25 heavy (non-hydrogen) atoms. The van der Waals surface area contributed by atoms with Crippen LogP contribution in [0.3, 0.4) is 0 Å². The second kappa shape index (κ2) is 6.82. The molecule has 4 rings (SSSR count). The zero-order chi connectivity index (χ0) is 17.2. The number of amides is 1. The van der Waals surface area contributed by atoms with Gasteiger partial charge < -0.3 is 9.64 Å². The number of morpholine rings is 1. The molecule has 6 heteroatoms. The molecule has 0 bridgehead atoms. The topological polar surface area (TPSA) is 47.4 Å².